The Morgan fingerprint density at radius 3 is 2.20 bits per heavy atom. The first-order valence-electron chi connectivity index (χ1n) is 11.1. The molecule has 1 aliphatic heterocycles. The Morgan fingerprint density at radius 1 is 1.11 bits per heavy atom. The second-order valence-electron chi connectivity index (χ2n) is 8.16. The number of amides is 1. The molecule has 1 aromatic heterocycles. The van der Waals surface area contributed by atoms with Gasteiger partial charge < -0.3 is 20.3 Å². The number of thiophene rings is 1. The summed E-state index contributed by atoms with van der Waals surface area (Å²) >= 11 is 7.71. The highest BCUT2D eigenvalue weighted by atomic mass is 35.5. The van der Waals surface area contributed by atoms with Gasteiger partial charge in [-0.15, -0.1) is 11.3 Å². The Kier molecular flexibility index (Phi) is 10.7. The van der Waals surface area contributed by atoms with E-state index in [0.29, 0.717) is 32.9 Å². The molecule has 1 amide bonds. The molecule has 0 atom stereocenters. The van der Waals surface area contributed by atoms with Gasteiger partial charge >= 0.3 is 17.9 Å². The molecular weight excluding hydrogens is 496 g/mol. The number of halogens is 1. The van der Waals surface area contributed by atoms with Gasteiger partial charge in [0.2, 0.25) is 5.91 Å². The average molecular weight is 525 g/mol. The number of carbonyl (C=O) groups is 4. The normalized spacial score (nSPS) is 13.9. The lowest BCUT2D eigenvalue weighted by Crippen LogP contribution is -2.38. The molecule has 2 aromatic rings. The molecule has 1 saturated heterocycles. The molecule has 11 heteroatoms. The van der Waals surface area contributed by atoms with Crippen molar-refractivity contribution in [1.29, 1.82) is 0 Å². The predicted octanol–water partition coefficient (Wildman–Crippen LogP) is 4.38. The van der Waals surface area contributed by atoms with Crippen LogP contribution in [0.4, 0.5) is 5.00 Å². The van der Waals surface area contributed by atoms with Gasteiger partial charge in [-0.3, -0.25) is 9.69 Å². The minimum absolute atomic E-state index is 0.140. The monoisotopic (exact) mass is 524 g/mol. The van der Waals surface area contributed by atoms with Crippen LogP contribution in [0.15, 0.2) is 24.3 Å². The fourth-order valence-electron chi connectivity index (χ4n) is 3.46. The molecule has 0 unspecified atom stereocenters. The van der Waals surface area contributed by atoms with Crippen LogP contribution in [0.1, 0.15) is 42.6 Å². The molecule has 9 nitrogen and oxygen atoms in total. The van der Waals surface area contributed by atoms with Crippen molar-refractivity contribution in [3.8, 4) is 11.1 Å². The molecule has 1 fully saturated rings. The fraction of sp³-hybridized carbons (Fsp3) is 0.417. The lowest BCUT2D eigenvalue weighted by molar-refractivity contribution is -0.159. The molecule has 3 N–H and O–H groups in total. The molecular formula is C24H29ClN2O7S. The van der Waals surface area contributed by atoms with Crippen LogP contribution < -0.4 is 5.32 Å². The standard InChI is InChI=1S/C22H27ClN2O3S.C2H2O4/c1-4-28-22(27)19-18(16-7-5-14(2)6-8-16)20(23)29-21(19)24-17(26)13-25-11-9-15(3)10-12-25;3-1(4)2(5)6/h5-8,15H,4,9-13H2,1-3H3,(H,24,26);(H,3,4)(H,5,6). The highest BCUT2D eigenvalue weighted by Crippen LogP contribution is 2.44. The number of ether oxygens (including phenoxy) is 1. The van der Waals surface area contributed by atoms with E-state index >= 15 is 0 Å². The van der Waals surface area contributed by atoms with E-state index in [1.54, 1.807) is 6.92 Å². The number of likely N-dealkylation sites (tertiary alicyclic amines) is 1. The van der Waals surface area contributed by atoms with Crippen LogP contribution in [0.3, 0.4) is 0 Å². The number of rotatable bonds is 6. The number of piperidine rings is 1. The fourth-order valence-corrected chi connectivity index (χ4v) is 4.85. The summed E-state index contributed by atoms with van der Waals surface area (Å²) < 4.78 is 5.72. The minimum atomic E-state index is -1.82. The van der Waals surface area contributed by atoms with Crippen LogP contribution in [0.5, 0.6) is 0 Å². The van der Waals surface area contributed by atoms with Gasteiger partial charge in [-0.2, -0.15) is 0 Å². The third kappa shape index (κ3) is 8.34. The summed E-state index contributed by atoms with van der Waals surface area (Å²) in [6.07, 6.45) is 2.20. The van der Waals surface area contributed by atoms with E-state index in [1.165, 1.54) is 11.3 Å². The number of carbonyl (C=O) groups excluding carboxylic acids is 2. The molecule has 1 aromatic carbocycles. The van der Waals surface area contributed by atoms with Crippen molar-refractivity contribution in [1.82, 2.24) is 4.90 Å². The molecule has 2 heterocycles. The predicted molar refractivity (Wildman–Crippen MR) is 134 cm³/mol. The zero-order valence-electron chi connectivity index (χ0n) is 19.8. The van der Waals surface area contributed by atoms with Crippen LogP contribution in [0, 0.1) is 12.8 Å². The van der Waals surface area contributed by atoms with Gasteiger partial charge in [-0.25, -0.2) is 14.4 Å². The number of nitrogens with zero attached hydrogens (tertiary/aromatic N) is 1. The number of hydrogen-bond donors (Lipinski definition) is 3. The number of aliphatic carboxylic acids is 2. The molecule has 1 aliphatic rings. The van der Waals surface area contributed by atoms with Gasteiger partial charge in [0.25, 0.3) is 0 Å². The van der Waals surface area contributed by atoms with E-state index in [9.17, 15) is 9.59 Å². The molecule has 3 rings (SSSR count). The van der Waals surface area contributed by atoms with Crippen molar-refractivity contribution >= 4 is 51.8 Å². The molecule has 0 radical (unpaired) electrons. The van der Waals surface area contributed by atoms with Crippen molar-refractivity contribution in [3.05, 3.63) is 39.7 Å². The molecule has 0 aliphatic carbocycles. The second-order valence-corrected chi connectivity index (χ2v) is 9.78. The van der Waals surface area contributed by atoms with Crippen molar-refractivity contribution in [2.24, 2.45) is 5.92 Å². The summed E-state index contributed by atoms with van der Waals surface area (Å²) in [4.78, 5) is 45.7. The smallest absolute Gasteiger partial charge is 0.414 e. The quantitative estimate of drug-likeness (QED) is 0.374. The Morgan fingerprint density at radius 2 is 1.69 bits per heavy atom. The van der Waals surface area contributed by atoms with Crippen molar-refractivity contribution in [2.45, 2.75) is 33.6 Å². The van der Waals surface area contributed by atoms with Crippen molar-refractivity contribution in [2.75, 3.05) is 31.6 Å². The Labute approximate surface area is 212 Å². The summed E-state index contributed by atoms with van der Waals surface area (Å²) in [5.41, 5.74) is 2.87. The number of benzene rings is 1. The van der Waals surface area contributed by atoms with Gasteiger partial charge in [0.15, 0.2) is 0 Å². The van der Waals surface area contributed by atoms with Crippen molar-refractivity contribution < 1.29 is 34.1 Å². The maximum absolute atomic E-state index is 12.7. The van der Waals surface area contributed by atoms with Gasteiger partial charge in [0.1, 0.15) is 14.9 Å². The molecule has 0 bridgehead atoms. The first kappa shape index (κ1) is 28.3. The maximum Gasteiger partial charge on any atom is 0.414 e. The molecule has 0 spiro atoms. The van der Waals surface area contributed by atoms with E-state index in [1.807, 2.05) is 31.2 Å². The van der Waals surface area contributed by atoms with Gasteiger partial charge in [0.05, 0.1) is 13.2 Å². The third-order valence-corrected chi connectivity index (χ3v) is 6.68. The number of nitrogens with one attached hydrogen (secondary N) is 1. The van der Waals surface area contributed by atoms with E-state index in [4.69, 9.17) is 36.1 Å². The number of esters is 1. The van der Waals surface area contributed by atoms with Crippen LogP contribution in [-0.4, -0.2) is 65.2 Å². The summed E-state index contributed by atoms with van der Waals surface area (Å²) in [5.74, 6) is -3.56. The van der Waals surface area contributed by atoms with E-state index in [0.717, 1.165) is 37.1 Å². The number of aryl methyl sites for hydroxylation is 1. The van der Waals surface area contributed by atoms with Gasteiger partial charge in [-0.05, 0) is 51.3 Å². The van der Waals surface area contributed by atoms with E-state index in [-0.39, 0.29) is 12.5 Å². The highest BCUT2D eigenvalue weighted by molar-refractivity contribution is 7.21. The lowest BCUT2D eigenvalue weighted by Gasteiger charge is -2.29. The van der Waals surface area contributed by atoms with Crippen LogP contribution in [0.25, 0.3) is 11.1 Å². The Balaban J connectivity index is 0.000000641. The summed E-state index contributed by atoms with van der Waals surface area (Å²) in [6.45, 7) is 8.39. The Hall–Kier alpha value is -2.95. The Bertz CT molecular complexity index is 1050. The number of carboxylic acid groups (broad SMARTS) is 2. The second kappa shape index (κ2) is 13.2. The molecule has 35 heavy (non-hydrogen) atoms. The van der Waals surface area contributed by atoms with Gasteiger partial charge in [-0.1, -0.05) is 48.4 Å². The number of hydrogen-bond acceptors (Lipinski definition) is 7. The first-order chi connectivity index (χ1) is 16.5. The van der Waals surface area contributed by atoms with Crippen LogP contribution >= 0.6 is 22.9 Å². The van der Waals surface area contributed by atoms with Crippen molar-refractivity contribution in [3.63, 3.8) is 0 Å². The zero-order chi connectivity index (χ0) is 26.1. The SMILES string of the molecule is CCOC(=O)c1c(NC(=O)CN2CCC(C)CC2)sc(Cl)c1-c1ccc(C)cc1.O=C(O)C(=O)O. The lowest BCUT2D eigenvalue weighted by atomic mass is 9.99. The number of anilines is 1. The van der Waals surface area contributed by atoms with E-state index < -0.39 is 17.9 Å². The largest absolute Gasteiger partial charge is 0.473 e. The molecule has 0 saturated carbocycles. The summed E-state index contributed by atoms with van der Waals surface area (Å²) in [6, 6.07) is 7.78. The van der Waals surface area contributed by atoms with Gasteiger partial charge in [0, 0.05) is 5.56 Å². The molecule has 190 valence electrons. The maximum atomic E-state index is 12.7. The van der Waals surface area contributed by atoms with Crippen LogP contribution in [0.2, 0.25) is 4.34 Å². The van der Waals surface area contributed by atoms with Crippen LogP contribution in [-0.2, 0) is 19.1 Å². The summed E-state index contributed by atoms with van der Waals surface area (Å²) in [7, 11) is 0. The number of carboxylic acids is 2. The average Bonchev–Trinajstić information content (AvgIpc) is 3.11. The minimum Gasteiger partial charge on any atom is -0.473 e. The first-order valence-corrected chi connectivity index (χ1v) is 12.3. The summed E-state index contributed by atoms with van der Waals surface area (Å²) in [5, 5.41) is 18.1. The van der Waals surface area contributed by atoms with E-state index in [2.05, 4.69) is 17.1 Å². The third-order valence-electron chi connectivity index (χ3n) is 5.36. The highest BCUT2D eigenvalue weighted by Gasteiger charge is 2.27. The topological polar surface area (TPSA) is 133 Å². The zero-order valence-corrected chi connectivity index (χ0v) is 21.4.